The van der Waals surface area contributed by atoms with E-state index in [4.69, 9.17) is 0 Å². The zero-order valence-electron chi connectivity index (χ0n) is 10.3. The smallest absolute Gasteiger partial charge is 0.254 e. The number of carbonyl (C=O) groups excluding carboxylic acids is 1. The zero-order valence-corrected chi connectivity index (χ0v) is 11.1. The summed E-state index contributed by atoms with van der Waals surface area (Å²) in [6.07, 6.45) is 1.80. The van der Waals surface area contributed by atoms with Crippen LogP contribution in [0.2, 0.25) is 0 Å². The number of benzene rings is 1. The minimum absolute atomic E-state index is 0. The van der Waals surface area contributed by atoms with Gasteiger partial charge in [-0.1, -0.05) is 12.1 Å². The van der Waals surface area contributed by atoms with E-state index in [1.807, 2.05) is 0 Å². The molecule has 0 aliphatic carbocycles. The van der Waals surface area contributed by atoms with Gasteiger partial charge in [0.2, 0.25) is 0 Å². The summed E-state index contributed by atoms with van der Waals surface area (Å²) in [4.78, 5) is 11.9. The summed E-state index contributed by atoms with van der Waals surface area (Å²) in [6.45, 7) is 3.47. The lowest BCUT2D eigenvalue weighted by Crippen LogP contribution is -2.42. The molecule has 0 radical (unpaired) electrons. The maximum atomic E-state index is 13.7. The number of halogens is 2. The number of aryl methyl sites for hydroxylation is 1. The molecule has 1 aromatic carbocycles. The van der Waals surface area contributed by atoms with Crippen molar-refractivity contribution in [3.8, 4) is 0 Å². The monoisotopic (exact) mass is 272 g/mol. The Morgan fingerprint density at radius 3 is 2.72 bits per heavy atom. The summed E-state index contributed by atoms with van der Waals surface area (Å²) in [7, 11) is 0. The van der Waals surface area contributed by atoms with E-state index in [0.29, 0.717) is 5.56 Å². The Balaban J connectivity index is 0.00000162. The van der Waals surface area contributed by atoms with Gasteiger partial charge in [-0.15, -0.1) is 12.4 Å². The van der Waals surface area contributed by atoms with Crippen LogP contribution in [-0.4, -0.2) is 25.0 Å². The largest absolute Gasteiger partial charge is 0.349 e. The quantitative estimate of drug-likeness (QED) is 0.865. The van der Waals surface area contributed by atoms with Crippen molar-refractivity contribution >= 4 is 18.3 Å². The van der Waals surface area contributed by atoms with Gasteiger partial charge in [-0.05, 0) is 44.5 Å². The van der Waals surface area contributed by atoms with E-state index in [1.165, 1.54) is 6.07 Å². The topological polar surface area (TPSA) is 41.1 Å². The molecule has 1 saturated heterocycles. The van der Waals surface area contributed by atoms with E-state index in [0.717, 1.165) is 25.9 Å². The lowest BCUT2D eigenvalue weighted by atomic mass is 10.1. The molecule has 18 heavy (non-hydrogen) atoms. The van der Waals surface area contributed by atoms with Crippen LogP contribution in [0.1, 0.15) is 28.8 Å². The molecule has 3 nitrogen and oxygen atoms in total. The number of nitrogens with one attached hydrogen (secondary N) is 2. The normalized spacial score (nSPS) is 15.9. The van der Waals surface area contributed by atoms with Crippen LogP contribution >= 0.6 is 12.4 Å². The molecule has 0 aromatic heterocycles. The van der Waals surface area contributed by atoms with Crippen molar-refractivity contribution in [2.75, 3.05) is 13.1 Å². The summed E-state index contributed by atoms with van der Waals surface area (Å²) >= 11 is 0. The second-order valence-corrected chi connectivity index (χ2v) is 4.43. The van der Waals surface area contributed by atoms with Gasteiger partial charge < -0.3 is 10.6 Å². The summed E-state index contributed by atoms with van der Waals surface area (Å²) < 4.78 is 13.7. The molecule has 1 aromatic rings. The number of amides is 1. The average Bonchev–Trinajstić information content (AvgIpc) is 2.34. The first kappa shape index (κ1) is 14.9. The van der Waals surface area contributed by atoms with Gasteiger partial charge in [0, 0.05) is 6.04 Å². The van der Waals surface area contributed by atoms with Crippen LogP contribution in [0.4, 0.5) is 4.39 Å². The van der Waals surface area contributed by atoms with Gasteiger partial charge in [0.1, 0.15) is 5.82 Å². The average molecular weight is 273 g/mol. The summed E-state index contributed by atoms with van der Waals surface area (Å²) in [5.41, 5.74) is 0.645. The van der Waals surface area contributed by atoms with Gasteiger partial charge in [0.05, 0.1) is 5.56 Å². The molecule has 0 atom stereocenters. The molecule has 100 valence electrons. The highest BCUT2D eigenvalue weighted by atomic mass is 35.5. The van der Waals surface area contributed by atoms with Crippen LogP contribution < -0.4 is 10.6 Å². The Labute approximate surface area is 113 Å². The van der Waals surface area contributed by atoms with Gasteiger partial charge in [0.25, 0.3) is 5.91 Å². The molecule has 0 spiro atoms. The van der Waals surface area contributed by atoms with Crippen molar-refractivity contribution < 1.29 is 9.18 Å². The first-order valence-electron chi connectivity index (χ1n) is 5.95. The fourth-order valence-corrected chi connectivity index (χ4v) is 2.05. The van der Waals surface area contributed by atoms with E-state index >= 15 is 0 Å². The number of hydrogen-bond donors (Lipinski definition) is 2. The maximum absolute atomic E-state index is 13.7. The van der Waals surface area contributed by atoms with Crippen LogP contribution in [-0.2, 0) is 0 Å². The summed E-state index contributed by atoms with van der Waals surface area (Å²) in [6, 6.07) is 5.05. The lowest BCUT2D eigenvalue weighted by Gasteiger charge is -2.23. The number of piperidine rings is 1. The highest BCUT2D eigenvalue weighted by Gasteiger charge is 2.18. The lowest BCUT2D eigenvalue weighted by molar-refractivity contribution is 0.0925. The van der Waals surface area contributed by atoms with Crippen molar-refractivity contribution in [1.29, 1.82) is 0 Å². The first-order chi connectivity index (χ1) is 8.18. The molecule has 1 aliphatic heterocycles. The third-order valence-corrected chi connectivity index (χ3v) is 3.11. The van der Waals surface area contributed by atoms with Crippen LogP contribution in [0.25, 0.3) is 0 Å². The van der Waals surface area contributed by atoms with E-state index in [9.17, 15) is 9.18 Å². The van der Waals surface area contributed by atoms with Crippen molar-refractivity contribution in [3.63, 3.8) is 0 Å². The Morgan fingerprint density at radius 2 is 2.06 bits per heavy atom. The third-order valence-electron chi connectivity index (χ3n) is 3.11. The molecule has 5 heteroatoms. The first-order valence-corrected chi connectivity index (χ1v) is 5.95. The predicted molar refractivity (Wildman–Crippen MR) is 71.7 cm³/mol. The fourth-order valence-electron chi connectivity index (χ4n) is 2.05. The minimum atomic E-state index is -0.418. The summed E-state index contributed by atoms with van der Waals surface area (Å²) in [5, 5.41) is 6.11. The van der Waals surface area contributed by atoms with E-state index in [1.54, 1.807) is 19.1 Å². The molecule has 0 unspecified atom stereocenters. The highest BCUT2D eigenvalue weighted by Crippen LogP contribution is 2.12. The Morgan fingerprint density at radius 1 is 1.39 bits per heavy atom. The summed E-state index contributed by atoms with van der Waals surface area (Å²) in [5.74, 6) is -0.725. The van der Waals surface area contributed by atoms with Crippen LogP contribution in [0.3, 0.4) is 0 Å². The van der Waals surface area contributed by atoms with Gasteiger partial charge >= 0.3 is 0 Å². The van der Waals surface area contributed by atoms with Gasteiger partial charge in [-0.2, -0.15) is 0 Å². The standard InChI is InChI=1S/C13H17FN2O.ClH/c1-9-3-2-4-11(12(9)14)13(17)16-10-5-7-15-8-6-10;/h2-4,10,15H,5-8H2,1H3,(H,16,17);1H. The third kappa shape index (κ3) is 3.43. The molecule has 1 aliphatic rings. The number of rotatable bonds is 2. The fraction of sp³-hybridized carbons (Fsp3) is 0.462. The maximum Gasteiger partial charge on any atom is 0.254 e. The van der Waals surface area contributed by atoms with E-state index in [2.05, 4.69) is 10.6 Å². The van der Waals surface area contributed by atoms with E-state index in [-0.39, 0.29) is 29.9 Å². The Bertz CT molecular complexity index is 419. The molecule has 1 amide bonds. The molecule has 2 N–H and O–H groups in total. The van der Waals surface area contributed by atoms with Crippen molar-refractivity contribution in [3.05, 3.63) is 35.1 Å². The molecule has 0 saturated carbocycles. The van der Waals surface area contributed by atoms with Gasteiger partial charge in [0.15, 0.2) is 0 Å². The van der Waals surface area contributed by atoms with Crippen LogP contribution in [0.5, 0.6) is 0 Å². The second kappa shape index (κ2) is 6.71. The highest BCUT2D eigenvalue weighted by molar-refractivity contribution is 5.94. The minimum Gasteiger partial charge on any atom is -0.349 e. The van der Waals surface area contributed by atoms with Gasteiger partial charge in [-0.3, -0.25) is 4.79 Å². The number of hydrogen-bond acceptors (Lipinski definition) is 2. The van der Waals surface area contributed by atoms with Crippen LogP contribution in [0, 0.1) is 12.7 Å². The van der Waals surface area contributed by atoms with E-state index < -0.39 is 5.82 Å². The number of carbonyl (C=O) groups is 1. The van der Waals surface area contributed by atoms with Crippen molar-refractivity contribution in [2.24, 2.45) is 0 Å². The Hall–Kier alpha value is -1.13. The van der Waals surface area contributed by atoms with Gasteiger partial charge in [-0.25, -0.2) is 4.39 Å². The second-order valence-electron chi connectivity index (χ2n) is 4.43. The molecular weight excluding hydrogens is 255 g/mol. The molecular formula is C13H18ClFN2O. The molecule has 2 rings (SSSR count). The molecule has 1 heterocycles. The predicted octanol–water partition coefficient (Wildman–Crippen LogP) is 2.04. The molecule has 1 fully saturated rings. The van der Waals surface area contributed by atoms with Crippen LogP contribution in [0.15, 0.2) is 18.2 Å². The SMILES string of the molecule is Cc1cccc(C(=O)NC2CCNCC2)c1F.Cl. The zero-order chi connectivity index (χ0) is 12.3. The Kier molecular flexibility index (Phi) is 5.56. The van der Waals surface area contributed by atoms with Crippen molar-refractivity contribution in [2.45, 2.75) is 25.8 Å². The van der Waals surface area contributed by atoms with Crippen molar-refractivity contribution in [1.82, 2.24) is 10.6 Å². The molecule has 0 bridgehead atoms.